The van der Waals surface area contributed by atoms with Crippen LogP contribution in [0, 0.1) is 5.41 Å². The van der Waals surface area contributed by atoms with Gasteiger partial charge in [-0.1, -0.05) is 0 Å². The molecule has 25 heavy (non-hydrogen) atoms. The molecular formula is C17H34IN3O3S. The highest BCUT2D eigenvalue weighted by atomic mass is 127. The normalized spacial score (nSPS) is 23.7. The molecule has 0 aromatic carbocycles. The van der Waals surface area contributed by atoms with E-state index in [0.717, 1.165) is 38.7 Å². The second kappa shape index (κ2) is 9.21. The highest BCUT2D eigenvalue weighted by molar-refractivity contribution is 14.0. The van der Waals surface area contributed by atoms with Crippen molar-refractivity contribution in [1.29, 1.82) is 0 Å². The van der Waals surface area contributed by atoms with Crippen molar-refractivity contribution in [3.05, 3.63) is 0 Å². The van der Waals surface area contributed by atoms with Gasteiger partial charge in [-0.3, -0.25) is 4.99 Å². The molecule has 0 aromatic heterocycles. The van der Waals surface area contributed by atoms with Gasteiger partial charge in [0.2, 0.25) is 0 Å². The molecule has 0 radical (unpaired) electrons. The summed E-state index contributed by atoms with van der Waals surface area (Å²) in [6.45, 7) is 11.8. The number of guanidine groups is 1. The maximum atomic E-state index is 12.2. The fourth-order valence-corrected chi connectivity index (χ4v) is 4.46. The molecule has 1 heterocycles. The second-order valence-corrected chi connectivity index (χ2v) is 10.4. The van der Waals surface area contributed by atoms with E-state index in [2.05, 4.69) is 10.2 Å². The molecule has 0 aromatic rings. The van der Waals surface area contributed by atoms with Gasteiger partial charge in [0.15, 0.2) is 15.8 Å². The Morgan fingerprint density at radius 1 is 1.28 bits per heavy atom. The van der Waals surface area contributed by atoms with E-state index in [4.69, 9.17) is 9.73 Å². The molecule has 2 rings (SSSR count). The minimum Gasteiger partial charge on any atom is -0.382 e. The molecule has 1 saturated carbocycles. The molecule has 2 aliphatic rings. The predicted octanol–water partition coefficient (Wildman–Crippen LogP) is 2.29. The topological polar surface area (TPSA) is 71.0 Å². The maximum Gasteiger partial charge on any atom is 0.194 e. The zero-order valence-corrected chi connectivity index (χ0v) is 19.2. The molecule has 8 heteroatoms. The first-order valence-corrected chi connectivity index (χ1v) is 10.7. The smallest absolute Gasteiger partial charge is 0.194 e. The van der Waals surface area contributed by atoms with Crippen molar-refractivity contribution in [1.82, 2.24) is 10.2 Å². The van der Waals surface area contributed by atoms with Gasteiger partial charge >= 0.3 is 0 Å². The van der Waals surface area contributed by atoms with Crippen molar-refractivity contribution in [3.8, 4) is 0 Å². The van der Waals surface area contributed by atoms with E-state index >= 15 is 0 Å². The average molecular weight is 487 g/mol. The molecule has 1 N–H and O–H groups in total. The molecule has 6 nitrogen and oxygen atoms in total. The van der Waals surface area contributed by atoms with E-state index in [-0.39, 0.29) is 29.7 Å². The Bertz CT molecular complexity index is 559. The molecule has 0 bridgehead atoms. The Balaban J connectivity index is 0.00000312. The third-order valence-corrected chi connectivity index (χ3v) is 7.71. The minimum absolute atomic E-state index is 0. The lowest BCUT2D eigenvalue weighted by atomic mass is 10.0. The second-order valence-electron chi connectivity index (χ2n) is 7.62. The summed E-state index contributed by atoms with van der Waals surface area (Å²) >= 11 is 0. The highest BCUT2D eigenvalue weighted by Crippen LogP contribution is 2.49. The van der Waals surface area contributed by atoms with E-state index in [1.807, 2.05) is 27.7 Å². The van der Waals surface area contributed by atoms with Crippen molar-refractivity contribution < 1.29 is 13.2 Å². The van der Waals surface area contributed by atoms with E-state index in [0.29, 0.717) is 18.5 Å². The van der Waals surface area contributed by atoms with Crippen LogP contribution in [0.15, 0.2) is 4.99 Å². The van der Waals surface area contributed by atoms with Crippen LogP contribution < -0.4 is 5.32 Å². The van der Waals surface area contributed by atoms with Crippen LogP contribution in [-0.4, -0.2) is 69.2 Å². The number of aliphatic imine (C=N–C) groups is 1. The van der Waals surface area contributed by atoms with Gasteiger partial charge in [0.05, 0.1) is 10.5 Å². The number of hydrogen-bond donors (Lipinski definition) is 1. The molecule has 1 aliphatic heterocycles. The third-order valence-electron chi connectivity index (χ3n) is 5.18. The number of sulfone groups is 1. The van der Waals surface area contributed by atoms with Crippen molar-refractivity contribution in [2.24, 2.45) is 10.4 Å². The first-order valence-electron chi connectivity index (χ1n) is 9.08. The summed E-state index contributed by atoms with van der Waals surface area (Å²) in [5.41, 5.74) is 0.299. The monoisotopic (exact) mass is 487 g/mol. The van der Waals surface area contributed by atoms with Crippen LogP contribution in [0.4, 0.5) is 0 Å². The van der Waals surface area contributed by atoms with Crippen LogP contribution in [0.5, 0.6) is 0 Å². The SMILES string of the molecule is CCNC(=NCC1(CCOCC)CC1)N1CCS(=O)(=O)C(C)(C)C1.I. The maximum absolute atomic E-state index is 12.2. The van der Waals surface area contributed by atoms with Crippen molar-refractivity contribution in [3.63, 3.8) is 0 Å². The van der Waals surface area contributed by atoms with Gasteiger partial charge in [-0.2, -0.15) is 0 Å². The van der Waals surface area contributed by atoms with Gasteiger partial charge in [-0.25, -0.2) is 8.42 Å². The predicted molar refractivity (Wildman–Crippen MR) is 114 cm³/mol. The number of rotatable bonds is 7. The number of nitrogens with zero attached hydrogens (tertiary/aromatic N) is 2. The Labute approximate surface area is 170 Å². The lowest BCUT2D eigenvalue weighted by molar-refractivity contribution is 0.129. The number of hydrogen-bond acceptors (Lipinski definition) is 4. The lowest BCUT2D eigenvalue weighted by Crippen LogP contribution is -2.57. The summed E-state index contributed by atoms with van der Waals surface area (Å²) in [6.07, 6.45) is 3.48. The fourth-order valence-electron chi connectivity index (χ4n) is 3.09. The Kier molecular flexibility index (Phi) is 8.46. The largest absolute Gasteiger partial charge is 0.382 e. The van der Waals surface area contributed by atoms with Crippen molar-refractivity contribution in [2.75, 3.05) is 45.1 Å². The van der Waals surface area contributed by atoms with Crippen LogP contribution in [0.2, 0.25) is 0 Å². The molecule has 0 atom stereocenters. The summed E-state index contributed by atoms with van der Waals surface area (Å²) in [7, 11) is -3.03. The average Bonchev–Trinajstić information content (AvgIpc) is 3.27. The summed E-state index contributed by atoms with van der Waals surface area (Å²) in [6, 6.07) is 0. The van der Waals surface area contributed by atoms with E-state index in [9.17, 15) is 8.42 Å². The summed E-state index contributed by atoms with van der Waals surface area (Å²) in [5.74, 6) is 1.04. The van der Waals surface area contributed by atoms with Gasteiger partial charge in [0, 0.05) is 39.4 Å². The first-order chi connectivity index (χ1) is 11.3. The van der Waals surface area contributed by atoms with E-state index in [1.54, 1.807) is 0 Å². The lowest BCUT2D eigenvalue weighted by Gasteiger charge is -2.39. The number of halogens is 1. The van der Waals surface area contributed by atoms with E-state index < -0.39 is 14.6 Å². The number of ether oxygens (including phenoxy) is 1. The summed E-state index contributed by atoms with van der Waals surface area (Å²) in [5, 5.41) is 3.33. The van der Waals surface area contributed by atoms with Gasteiger partial charge in [0.25, 0.3) is 0 Å². The van der Waals surface area contributed by atoms with Crippen LogP contribution in [0.25, 0.3) is 0 Å². The van der Waals surface area contributed by atoms with Gasteiger partial charge < -0.3 is 15.0 Å². The standard InChI is InChI=1S/C17H33N3O3S.HI/c1-5-18-15(19-13-17(7-8-17)9-11-23-6-2)20-10-12-24(21,22)16(3,4)14-20;/h5-14H2,1-4H3,(H,18,19);1H. The van der Waals surface area contributed by atoms with Gasteiger partial charge in [-0.15, -0.1) is 24.0 Å². The molecule has 0 spiro atoms. The minimum atomic E-state index is -3.03. The first kappa shape index (κ1) is 23.0. The van der Waals surface area contributed by atoms with Gasteiger partial charge in [0.1, 0.15) is 0 Å². The van der Waals surface area contributed by atoms with Gasteiger partial charge in [-0.05, 0) is 52.4 Å². The third kappa shape index (κ3) is 5.95. The summed E-state index contributed by atoms with van der Waals surface area (Å²) < 4.78 is 29.2. The zero-order chi connectivity index (χ0) is 17.8. The Morgan fingerprint density at radius 3 is 2.48 bits per heavy atom. The summed E-state index contributed by atoms with van der Waals surface area (Å²) in [4.78, 5) is 6.94. The van der Waals surface area contributed by atoms with Crippen LogP contribution in [0.1, 0.15) is 47.0 Å². The molecule has 0 amide bonds. The molecular weight excluding hydrogens is 453 g/mol. The number of nitrogens with one attached hydrogen (secondary N) is 1. The van der Waals surface area contributed by atoms with E-state index in [1.165, 1.54) is 12.8 Å². The quantitative estimate of drug-likeness (QED) is 0.258. The van der Waals surface area contributed by atoms with Crippen LogP contribution in [-0.2, 0) is 14.6 Å². The molecule has 0 unspecified atom stereocenters. The molecule has 2 fully saturated rings. The highest BCUT2D eigenvalue weighted by Gasteiger charge is 2.43. The Hall–Kier alpha value is -0.0900. The van der Waals surface area contributed by atoms with Crippen LogP contribution >= 0.6 is 24.0 Å². The van der Waals surface area contributed by atoms with Crippen molar-refractivity contribution >= 4 is 39.8 Å². The fraction of sp³-hybridized carbons (Fsp3) is 0.941. The zero-order valence-electron chi connectivity index (χ0n) is 16.0. The molecule has 1 saturated heterocycles. The van der Waals surface area contributed by atoms with Crippen molar-refractivity contribution in [2.45, 2.75) is 51.7 Å². The molecule has 148 valence electrons. The Morgan fingerprint density at radius 2 is 1.96 bits per heavy atom. The van der Waals surface area contributed by atoms with Crippen LogP contribution in [0.3, 0.4) is 0 Å². The molecule has 1 aliphatic carbocycles.